The molecule has 120 valence electrons. The summed E-state index contributed by atoms with van der Waals surface area (Å²) < 4.78 is 64.5. The van der Waals surface area contributed by atoms with Crippen molar-refractivity contribution in [3.63, 3.8) is 0 Å². The molecule has 0 bridgehead atoms. The van der Waals surface area contributed by atoms with Crippen molar-refractivity contribution in [2.45, 2.75) is 17.7 Å². The van der Waals surface area contributed by atoms with Crippen LogP contribution < -0.4 is 15.9 Å². The SMILES string of the molecule is NC(=S)N/N=C1\CCS(=O)(=O)c2ccc(OC(F)(F)F)cc21. The van der Waals surface area contributed by atoms with Crippen molar-refractivity contribution in [3.05, 3.63) is 23.8 Å². The third-order valence-corrected chi connectivity index (χ3v) is 4.60. The van der Waals surface area contributed by atoms with E-state index in [1.54, 1.807) is 0 Å². The van der Waals surface area contributed by atoms with Crippen LogP contribution in [-0.2, 0) is 9.84 Å². The van der Waals surface area contributed by atoms with Crippen molar-refractivity contribution in [3.8, 4) is 5.75 Å². The number of sulfone groups is 1. The van der Waals surface area contributed by atoms with E-state index in [9.17, 15) is 21.6 Å². The molecule has 0 saturated carbocycles. The average molecular weight is 353 g/mol. The molecule has 0 spiro atoms. The number of thiocarbonyl (C=S) groups is 1. The Hall–Kier alpha value is -1.88. The van der Waals surface area contributed by atoms with Crippen LogP contribution in [0.4, 0.5) is 13.2 Å². The quantitative estimate of drug-likeness (QED) is 0.615. The molecular formula is C11H10F3N3O3S2. The van der Waals surface area contributed by atoms with E-state index >= 15 is 0 Å². The Morgan fingerprint density at radius 1 is 1.41 bits per heavy atom. The van der Waals surface area contributed by atoms with Crippen molar-refractivity contribution in [1.29, 1.82) is 0 Å². The molecule has 2 rings (SSSR count). The normalized spacial score (nSPS) is 18.6. The molecule has 0 aromatic heterocycles. The van der Waals surface area contributed by atoms with Crippen LogP contribution in [0.5, 0.6) is 5.75 Å². The third kappa shape index (κ3) is 3.85. The van der Waals surface area contributed by atoms with E-state index in [4.69, 9.17) is 5.73 Å². The minimum atomic E-state index is -4.88. The molecule has 1 aromatic carbocycles. The summed E-state index contributed by atoms with van der Waals surface area (Å²) in [4.78, 5) is -0.114. The number of rotatable bonds is 2. The Kier molecular flexibility index (Phi) is 4.29. The predicted molar refractivity (Wildman–Crippen MR) is 76.3 cm³/mol. The van der Waals surface area contributed by atoms with Crippen LogP contribution >= 0.6 is 12.2 Å². The highest BCUT2D eigenvalue weighted by Gasteiger charge is 2.33. The molecule has 0 aliphatic carbocycles. The van der Waals surface area contributed by atoms with E-state index in [0.29, 0.717) is 0 Å². The zero-order valence-electron chi connectivity index (χ0n) is 10.8. The number of nitrogens with zero attached hydrogens (tertiary/aromatic N) is 1. The number of ether oxygens (including phenoxy) is 1. The molecule has 1 aliphatic rings. The first kappa shape index (κ1) is 16.5. The van der Waals surface area contributed by atoms with Gasteiger partial charge in [0.1, 0.15) is 5.75 Å². The number of alkyl halides is 3. The predicted octanol–water partition coefficient (Wildman–Crippen LogP) is 1.30. The van der Waals surface area contributed by atoms with Gasteiger partial charge in [-0.3, -0.25) is 5.43 Å². The van der Waals surface area contributed by atoms with E-state index in [1.807, 2.05) is 0 Å². The Labute approximate surface area is 129 Å². The third-order valence-electron chi connectivity index (χ3n) is 2.74. The van der Waals surface area contributed by atoms with Crippen LogP contribution in [0.15, 0.2) is 28.2 Å². The van der Waals surface area contributed by atoms with Crippen LogP contribution in [0.3, 0.4) is 0 Å². The highest BCUT2D eigenvalue weighted by molar-refractivity contribution is 7.91. The molecule has 3 N–H and O–H groups in total. The lowest BCUT2D eigenvalue weighted by atomic mass is 10.1. The Morgan fingerprint density at radius 3 is 2.68 bits per heavy atom. The van der Waals surface area contributed by atoms with Crippen molar-refractivity contribution < 1.29 is 26.3 Å². The van der Waals surface area contributed by atoms with Crippen molar-refractivity contribution in [2.75, 3.05) is 5.75 Å². The standard InChI is InChI=1S/C11H10F3N3O3S2/c12-11(13,14)20-6-1-2-9-7(5-6)8(16-17-10(15)21)3-4-22(9,18)19/h1-2,5H,3-4H2,(H3,15,17,21)/b16-8+. The van der Waals surface area contributed by atoms with Gasteiger partial charge in [-0.25, -0.2) is 8.42 Å². The first-order valence-corrected chi connectivity index (χ1v) is 7.89. The molecule has 0 fully saturated rings. The average Bonchev–Trinajstić information content (AvgIpc) is 2.35. The highest BCUT2D eigenvalue weighted by atomic mass is 32.2. The fourth-order valence-electron chi connectivity index (χ4n) is 1.92. The zero-order chi connectivity index (χ0) is 16.5. The summed E-state index contributed by atoms with van der Waals surface area (Å²) in [5, 5.41) is 3.68. The fourth-order valence-corrected chi connectivity index (χ4v) is 3.43. The van der Waals surface area contributed by atoms with Crippen LogP contribution in [0.25, 0.3) is 0 Å². The van der Waals surface area contributed by atoms with Gasteiger partial charge in [0, 0.05) is 12.0 Å². The van der Waals surface area contributed by atoms with Gasteiger partial charge in [-0.2, -0.15) is 5.10 Å². The minimum Gasteiger partial charge on any atom is -0.406 e. The molecule has 6 nitrogen and oxygen atoms in total. The summed E-state index contributed by atoms with van der Waals surface area (Å²) in [6, 6.07) is 2.97. The first-order valence-electron chi connectivity index (χ1n) is 5.83. The fraction of sp³-hybridized carbons (Fsp3) is 0.273. The summed E-state index contributed by atoms with van der Waals surface area (Å²) in [5.41, 5.74) is 7.76. The van der Waals surface area contributed by atoms with Crippen molar-refractivity contribution in [1.82, 2.24) is 5.43 Å². The second-order valence-electron chi connectivity index (χ2n) is 4.31. The lowest BCUT2D eigenvalue weighted by Crippen LogP contribution is -2.29. The molecule has 0 amide bonds. The van der Waals surface area contributed by atoms with Crippen molar-refractivity contribution in [2.24, 2.45) is 10.8 Å². The molecule has 22 heavy (non-hydrogen) atoms. The smallest absolute Gasteiger partial charge is 0.406 e. The number of nitrogens with two attached hydrogens (primary N) is 1. The van der Waals surface area contributed by atoms with Crippen LogP contribution in [0.1, 0.15) is 12.0 Å². The molecule has 1 aliphatic heterocycles. The Bertz CT molecular complexity index is 745. The highest BCUT2D eigenvalue weighted by Crippen LogP contribution is 2.31. The van der Waals surface area contributed by atoms with Crippen LogP contribution in [-0.4, -0.2) is 31.4 Å². The maximum Gasteiger partial charge on any atom is 0.573 e. The van der Waals surface area contributed by atoms with Gasteiger partial charge in [-0.1, -0.05) is 0 Å². The summed E-state index contributed by atoms with van der Waals surface area (Å²) in [6.07, 6.45) is -4.86. The number of hydrogen-bond donors (Lipinski definition) is 2. The van der Waals surface area contributed by atoms with Gasteiger partial charge < -0.3 is 10.5 Å². The van der Waals surface area contributed by atoms with E-state index in [2.05, 4.69) is 27.5 Å². The number of nitrogens with one attached hydrogen (secondary N) is 1. The monoisotopic (exact) mass is 353 g/mol. The molecule has 0 unspecified atom stereocenters. The first-order chi connectivity index (χ1) is 10.1. The van der Waals surface area contributed by atoms with Gasteiger partial charge in [0.15, 0.2) is 14.9 Å². The maximum atomic E-state index is 12.3. The molecular weight excluding hydrogens is 343 g/mol. The van der Waals surface area contributed by atoms with Gasteiger partial charge in [-0.05, 0) is 30.4 Å². The zero-order valence-corrected chi connectivity index (χ0v) is 12.5. The largest absolute Gasteiger partial charge is 0.573 e. The molecule has 1 aromatic rings. The number of benzene rings is 1. The number of halogens is 3. The van der Waals surface area contributed by atoms with Crippen molar-refractivity contribution >= 4 is 32.9 Å². The molecule has 11 heteroatoms. The van der Waals surface area contributed by atoms with Gasteiger partial charge in [-0.15, -0.1) is 13.2 Å². The minimum absolute atomic E-state index is 0.0143. The van der Waals surface area contributed by atoms with Gasteiger partial charge in [0.05, 0.1) is 16.4 Å². The van der Waals surface area contributed by atoms with Gasteiger partial charge in [0.25, 0.3) is 0 Å². The number of hydrogen-bond acceptors (Lipinski definition) is 5. The summed E-state index contributed by atoms with van der Waals surface area (Å²) in [6.45, 7) is 0. The second-order valence-corrected chi connectivity index (χ2v) is 6.83. The van der Waals surface area contributed by atoms with Crippen LogP contribution in [0.2, 0.25) is 0 Å². The maximum absolute atomic E-state index is 12.3. The molecule has 0 radical (unpaired) electrons. The Balaban J connectivity index is 2.50. The summed E-state index contributed by atoms with van der Waals surface area (Å²) >= 11 is 4.57. The number of hydrazone groups is 1. The van der Waals surface area contributed by atoms with E-state index in [1.165, 1.54) is 0 Å². The molecule has 0 saturated heterocycles. The topological polar surface area (TPSA) is 93.8 Å². The molecule has 0 atom stereocenters. The summed E-state index contributed by atoms with van der Waals surface area (Å²) in [7, 11) is -3.58. The van der Waals surface area contributed by atoms with E-state index in [0.717, 1.165) is 18.2 Å². The molecule has 1 heterocycles. The van der Waals surface area contributed by atoms with Gasteiger partial charge >= 0.3 is 6.36 Å². The van der Waals surface area contributed by atoms with Gasteiger partial charge in [0.2, 0.25) is 0 Å². The van der Waals surface area contributed by atoms with E-state index in [-0.39, 0.29) is 33.5 Å². The second kappa shape index (κ2) is 5.72. The van der Waals surface area contributed by atoms with E-state index < -0.39 is 21.9 Å². The Morgan fingerprint density at radius 2 is 2.09 bits per heavy atom. The lowest BCUT2D eigenvalue weighted by molar-refractivity contribution is -0.274. The lowest BCUT2D eigenvalue weighted by Gasteiger charge is -2.19. The van der Waals surface area contributed by atoms with Crippen LogP contribution in [0, 0.1) is 0 Å². The summed E-state index contributed by atoms with van der Waals surface area (Å²) in [5.74, 6) is -0.747. The number of fused-ring (bicyclic) bond motifs is 1.